The molecule has 0 fully saturated rings. The van der Waals surface area contributed by atoms with E-state index in [2.05, 4.69) is 15.3 Å². The zero-order valence-electron chi connectivity index (χ0n) is 14.6. The van der Waals surface area contributed by atoms with Gasteiger partial charge in [-0.25, -0.2) is 9.37 Å². The quantitative estimate of drug-likeness (QED) is 0.598. The van der Waals surface area contributed by atoms with Gasteiger partial charge in [-0.3, -0.25) is 14.2 Å². The van der Waals surface area contributed by atoms with Crippen molar-refractivity contribution in [2.45, 2.75) is 13.0 Å². The molecule has 27 heavy (non-hydrogen) atoms. The zero-order valence-corrected chi connectivity index (χ0v) is 14.6. The highest BCUT2D eigenvalue weighted by atomic mass is 19.1. The molecule has 134 valence electrons. The van der Waals surface area contributed by atoms with Gasteiger partial charge >= 0.3 is 0 Å². The van der Waals surface area contributed by atoms with Crippen molar-refractivity contribution in [2.75, 3.05) is 0 Å². The molecule has 4 rings (SSSR count). The Labute approximate surface area is 155 Å². The third-order valence-corrected chi connectivity index (χ3v) is 4.34. The average molecular weight is 360 g/mol. The van der Waals surface area contributed by atoms with Crippen LogP contribution in [0.3, 0.4) is 0 Å². The number of halogens is 1. The van der Waals surface area contributed by atoms with Crippen molar-refractivity contribution in [3.8, 4) is 11.3 Å². The van der Waals surface area contributed by atoms with E-state index in [0.717, 1.165) is 5.69 Å². The van der Waals surface area contributed by atoms with Crippen LogP contribution in [0.1, 0.15) is 29.1 Å². The molecule has 4 aromatic rings. The minimum Gasteiger partial charge on any atom is -0.343 e. The third-order valence-electron chi connectivity index (χ3n) is 4.34. The van der Waals surface area contributed by atoms with Crippen LogP contribution in [-0.2, 0) is 0 Å². The summed E-state index contributed by atoms with van der Waals surface area (Å²) in [5.74, 6) is -0.640. The highest BCUT2D eigenvalue weighted by Crippen LogP contribution is 2.26. The molecule has 0 spiro atoms. The second-order valence-corrected chi connectivity index (χ2v) is 6.19. The normalized spacial score (nSPS) is 12.1. The summed E-state index contributed by atoms with van der Waals surface area (Å²) in [6.45, 7) is 1.87. The number of carbonyl (C=O) groups is 1. The molecule has 1 atom stereocenters. The minimum atomic E-state index is -0.331. The Morgan fingerprint density at radius 3 is 2.59 bits per heavy atom. The molecular formula is C21H17FN4O. The van der Waals surface area contributed by atoms with Gasteiger partial charge in [0.2, 0.25) is 0 Å². The highest BCUT2D eigenvalue weighted by molar-refractivity contribution is 5.99. The number of hydrogen-bond acceptors (Lipinski definition) is 3. The summed E-state index contributed by atoms with van der Waals surface area (Å²) in [6.07, 6.45) is 3.52. The number of fused-ring (bicyclic) bond motifs is 1. The van der Waals surface area contributed by atoms with Crippen LogP contribution in [0.5, 0.6) is 0 Å². The number of aromatic nitrogens is 3. The van der Waals surface area contributed by atoms with Crippen LogP contribution in [0.25, 0.3) is 16.9 Å². The van der Waals surface area contributed by atoms with Gasteiger partial charge in [0, 0.05) is 18.0 Å². The van der Waals surface area contributed by atoms with Crippen molar-refractivity contribution < 1.29 is 9.18 Å². The number of carbonyl (C=O) groups excluding carboxylic acids is 1. The molecule has 5 nitrogen and oxygen atoms in total. The lowest BCUT2D eigenvalue weighted by Gasteiger charge is -2.13. The predicted octanol–water partition coefficient (Wildman–Crippen LogP) is 4.03. The number of nitrogens with zero attached hydrogens (tertiary/aromatic N) is 3. The van der Waals surface area contributed by atoms with Crippen LogP contribution in [0, 0.1) is 5.82 Å². The van der Waals surface area contributed by atoms with Gasteiger partial charge in [-0.15, -0.1) is 0 Å². The van der Waals surface area contributed by atoms with Gasteiger partial charge in [0.25, 0.3) is 5.91 Å². The fourth-order valence-electron chi connectivity index (χ4n) is 3.01. The second kappa shape index (κ2) is 6.99. The average Bonchev–Trinajstić information content (AvgIpc) is 3.09. The first-order valence-electron chi connectivity index (χ1n) is 8.58. The SMILES string of the molecule is C[C@H](NC(=O)c1nc2ccccn2c1-c1ccc(F)cc1)c1ccccn1. The first-order valence-corrected chi connectivity index (χ1v) is 8.58. The maximum absolute atomic E-state index is 13.4. The Kier molecular flexibility index (Phi) is 4.38. The van der Waals surface area contributed by atoms with Crippen molar-refractivity contribution in [3.63, 3.8) is 0 Å². The van der Waals surface area contributed by atoms with Crippen LogP contribution in [0.2, 0.25) is 0 Å². The van der Waals surface area contributed by atoms with E-state index in [1.807, 2.05) is 53.9 Å². The van der Waals surface area contributed by atoms with Gasteiger partial charge in [0.15, 0.2) is 5.69 Å². The summed E-state index contributed by atoms with van der Waals surface area (Å²) >= 11 is 0. The molecule has 1 aromatic carbocycles. The highest BCUT2D eigenvalue weighted by Gasteiger charge is 2.22. The van der Waals surface area contributed by atoms with E-state index in [9.17, 15) is 9.18 Å². The molecule has 3 aromatic heterocycles. The lowest BCUT2D eigenvalue weighted by Crippen LogP contribution is -2.28. The van der Waals surface area contributed by atoms with Crippen LogP contribution < -0.4 is 5.32 Å². The summed E-state index contributed by atoms with van der Waals surface area (Å²) in [7, 11) is 0. The minimum absolute atomic E-state index is 0.274. The van der Waals surface area contributed by atoms with E-state index in [4.69, 9.17) is 0 Å². The number of hydrogen-bond donors (Lipinski definition) is 1. The fraction of sp³-hybridized carbons (Fsp3) is 0.0952. The molecule has 0 saturated carbocycles. The molecule has 0 aliphatic heterocycles. The molecule has 0 aliphatic carbocycles. The summed E-state index contributed by atoms with van der Waals surface area (Å²) in [5, 5.41) is 2.94. The molecule has 0 saturated heterocycles. The third kappa shape index (κ3) is 3.29. The Morgan fingerprint density at radius 2 is 1.85 bits per heavy atom. The summed E-state index contributed by atoms with van der Waals surface area (Å²) in [5.41, 5.74) is 3.03. The molecule has 0 aliphatic rings. The van der Waals surface area contributed by atoms with Crippen molar-refractivity contribution in [3.05, 3.63) is 90.3 Å². The Balaban J connectivity index is 1.75. The van der Waals surface area contributed by atoms with Gasteiger partial charge in [0.05, 0.1) is 17.4 Å². The predicted molar refractivity (Wildman–Crippen MR) is 101 cm³/mol. The van der Waals surface area contributed by atoms with E-state index in [1.165, 1.54) is 12.1 Å². The Morgan fingerprint density at radius 1 is 1.07 bits per heavy atom. The molecule has 0 bridgehead atoms. The number of nitrogens with one attached hydrogen (secondary N) is 1. The summed E-state index contributed by atoms with van der Waals surface area (Å²) in [6, 6.07) is 16.9. The van der Waals surface area contributed by atoms with Crippen LogP contribution >= 0.6 is 0 Å². The number of benzene rings is 1. The van der Waals surface area contributed by atoms with E-state index in [0.29, 0.717) is 16.9 Å². The molecule has 6 heteroatoms. The number of imidazole rings is 1. The first kappa shape index (κ1) is 16.9. The van der Waals surface area contributed by atoms with E-state index < -0.39 is 0 Å². The van der Waals surface area contributed by atoms with E-state index in [-0.39, 0.29) is 23.5 Å². The molecule has 1 N–H and O–H groups in total. The molecule has 3 heterocycles. The number of rotatable bonds is 4. The smallest absolute Gasteiger partial charge is 0.272 e. The van der Waals surface area contributed by atoms with Crippen molar-refractivity contribution in [1.82, 2.24) is 19.7 Å². The number of pyridine rings is 2. The zero-order chi connectivity index (χ0) is 18.8. The van der Waals surface area contributed by atoms with Gasteiger partial charge in [0.1, 0.15) is 11.5 Å². The maximum atomic E-state index is 13.4. The second-order valence-electron chi connectivity index (χ2n) is 6.19. The van der Waals surface area contributed by atoms with Gasteiger partial charge in [-0.05, 0) is 55.5 Å². The molecule has 0 radical (unpaired) electrons. The first-order chi connectivity index (χ1) is 13.1. The van der Waals surface area contributed by atoms with Crippen molar-refractivity contribution in [2.24, 2.45) is 0 Å². The fourth-order valence-corrected chi connectivity index (χ4v) is 3.01. The van der Waals surface area contributed by atoms with E-state index >= 15 is 0 Å². The Bertz CT molecular complexity index is 1090. The summed E-state index contributed by atoms with van der Waals surface area (Å²) < 4.78 is 15.2. The van der Waals surface area contributed by atoms with E-state index in [1.54, 1.807) is 18.3 Å². The Hall–Kier alpha value is -3.54. The van der Waals surface area contributed by atoms with Crippen molar-refractivity contribution >= 4 is 11.6 Å². The van der Waals surface area contributed by atoms with Crippen LogP contribution in [0.15, 0.2) is 73.1 Å². The standard InChI is InChI=1S/C21H17FN4O/c1-14(17-6-2-4-12-23-17)24-21(27)19-20(15-8-10-16(22)11-9-15)26-13-5-3-7-18(26)25-19/h2-14H,1H3,(H,24,27)/t14-/m0/s1. The number of amides is 1. The van der Waals surface area contributed by atoms with Crippen LogP contribution in [0.4, 0.5) is 4.39 Å². The monoisotopic (exact) mass is 360 g/mol. The molecular weight excluding hydrogens is 343 g/mol. The van der Waals surface area contributed by atoms with Crippen molar-refractivity contribution in [1.29, 1.82) is 0 Å². The summed E-state index contributed by atoms with van der Waals surface area (Å²) in [4.78, 5) is 21.7. The van der Waals surface area contributed by atoms with Gasteiger partial charge < -0.3 is 5.32 Å². The van der Waals surface area contributed by atoms with Crippen LogP contribution in [-0.4, -0.2) is 20.3 Å². The topological polar surface area (TPSA) is 59.3 Å². The lowest BCUT2D eigenvalue weighted by atomic mass is 10.1. The van der Waals surface area contributed by atoms with Gasteiger partial charge in [-0.1, -0.05) is 12.1 Å². The maximum Gasteiger partial charge on any atom is 0.272 e. The molecule has 0 unspecified atom stereocenters. The lowest BCUT2D eigenvalue weighted by molar-refractivity contribution is 0.0935. The largest absolute Gasteiger partial charge is 0.343 e. The van der Waals surface area contributed by atoms with Gasteiger partial charge in [-0.2, -0.15) is 0 Å². The molecule has 1 amide bonds.